The van der Waals surface area contributed by atoms with Crippen LogP contribution in [-0.2, 0) is 36.0 Å². The fourth-order valence-electron chi connectivity index (χ4n) is 4.62. The van der Waals surface area contributed by atoms with Crippen molar-refractivity contribution in [3.63, 3.8) is 0 Å². The third kappa shape index (κ3) is 4.50. The highest BCUT2D eigenvalue weighted by Gasteiger charge is 2.42. The minimum absolute atomic E-state index is 0.0508. The second kappa shape index (κ2) is 8.94. The Bertz CT molecular complexity index is 1010. The van der Waals surface area contributed by atoms with Crippen LogP contribution in [-0.4, -0.2) is 58.3 Å². The summed E-state index contributed by atoms with van der Waals surface area (Å²) in [6.45, 7) is 5.57. The van der Waals surface area contributed by atoms with E-state index in [0.717, 1.165) is 35.4 Å². The molecule has 8 heteroatoms. The van der Waals surface area contributed by atoms with Crippen molar-refractivity contribution < 1.29 is 19.1 Å². The molecule has 0 aliphatic carbocycles. The highest BCUT2D eigenvalue weighted by atomic mass is 16.5. The summed E-state index contributed by atoms with van der Waals surface area (Å²) in [5.41, 5.74) is 3.04. The molecule has 2 aliphatic heterocycles. The van der Waals surface area contributed by atoms with E-state index in [9.17, 15) is 9.59 Å². The molecule has 1 saturated heterocycles. The van der Waals surface area contributed by atoms with Crippen molar-refractivity contribution >= 4 is 11.8 Å². The third-order valence-corrected chi connectivity index (χ3v) is 6.44. The second-order valence-electron chi connectivity index (χ2n) is 9.08. The molecule has 8 nitrogen and oxygen atoms in total. The van der Waals surface area contributed by atoms with Crippen LogP contribution in [0.3, 0.4) is 0 Å². The summed E-state index contributed by atoms with van der Waals surface area (Å²) >= 11 is 0. The lowest BCUT2D eigenvalue weighted by molar-refractivity contribution is -0.140. The number of hydrogen-bond acceptors (Lipinski definition) is 5. The van der Waals surface area contributed by atoms with E-state index in [0.29, 0.717) is 38.2 Å². The molecular weight excluding hydrogens is 408 g/mol. The first-order valence-electron chi connectivity index (χ1n) is 11.2. The van der Waals surface area contributed by atoms with Crippen molar-refractivity contribution in [2.45, 2.75) is 57.8 Å². The third-order valence-electron chi connectivity index (χ3n) is 6.44. The van der Waals surface area contributed by atoms with E-state index in [1.165, 1.54) is 0 Å². The fourth-order valence-corrected chi connectivity index (χ4v) is 4.62. The van der Waals surface area contributed by atoms with Crippen LogP contribution in [0.1, 0.15) is 54.0 Å². The molecule has 0 bridgehead atoms. The van der Waals surface area contributed by atoms with E-state index in [1.807, 2.05) is 54.7 Å². The fraction of sp³-hybridized carbons (Fsp3) is 0.542. The summed E-state index contributed by atoms with van der Waals surface area (Å²) in [6.07, 6.45) is 2.62. The zero-order valence-corrected chi connectivity index (χ0v) is 19.3. The molecule has 2 aromatic rings. The van der Waals surface area contributed by atoms with Crippen LogP contribution in [0, 0.1) is 0 Å². The first-order chi connectivity index (χ1) is 15.3. The van der Waals surface area contributed by atoms with Gasteiger partial charge in [-0.15, -0.1) is 0 Å². The summed E-state index contributed by atoms with van der Waals surface area (Å²) in [4.78, 5) is 27.3. The standard InChI is InChI=1S/C24H32N4O4/c1-16(2)25-23(30)22-19-15-32-24(14-20(19)27(3)26-22)8-10-28(11-9-24)21(29)13-17-6-5-7-18(12-17)31-4/h5-7,12,16H,8-11,13-15H2,1-4H3,(H,25,30). The van der Waals surface area contributed by atoms with Gasteiger partial charge in [-0.3, -0.25) is 14.3 Å². The first kappa shape index (κ1) is 22.3. The summed E-state index contributed by atoms with van der Waals surface area (Å²) in [5.74, 6) is 0.726. The normalized spacial score (nSPS) is 17.3. The molecule has 4 rings (SSSR count). The quantitative estimate of drug-likeness (QED) is 0.771. The predicted molar refractivity (Wildman–Crippen MR) is 120 cm³/mol. The highest BCUT2D eigenvalue weighted by Crippen LogP contribution is 2.37. The average Bonchev–Trinajstić information content (AvgIpc) is 3.09. The number of methoxy groups -OCH3 is 1. The molecule has 0 radical (unpaired) electrons. The number of aryl methyl sites for hydroxylation is 1. The van der Waals surface area contributed by atoms with E-state index in [1.54, 1.807) is 7.11 Å². The van der Waals surface area contributed by atoms with Crippen LogP contribution in [0.15, 0.2) is 24.3 Å². The van der Waals surface area contributed by atoms with Gasteiger partial charge in [0, 0.05) is 43.9 Å². The second-order valence-corrected chi connectivity index (χ2v) is 9.08. The van der Waals surface area contributed by atoms with Gasteiger partial charge in [0.05, 0.1) is 25.7 Å². The molecular formula is C24H32N4O4. The van der Waals surface area contributed by atoms with Gasteiger partial charge in [-0.05, 0) is 44.4 Å². The number of amides is 2. The Morgan fingerprint density at radius 2 is 2.03 bits per heavy atom. The average molecular weight is 441 g/mol. The Kier molecular flexibility index (Phi) is 6.24. The van der Waals surface area contributed by atoms with Crippen LogP contribution in [0.5, 0.6) is 5.75 Å². The summed E-state index contributed by atoms with van der Waals surface area (Å²) in [5, 5.41) is 7.39. The smallest absolute Gasteiger partial charge is 0.272 e. The molecule has 1 aromatic heterocycles. The van der Waals surface area contributed by atoms with E-state index in [2.05, 4.69) is 10.4 Å². The Balaban J connectivity index is 1.40. The maximum atomic E-state index is 12.8. The van der Waals surface area contributed by atoms with Crippen molar-refractivity contribution in [2.75, 3.05) is 20.2 Å². The molecule has 0 atom stereocenters. The molecule has 2 amide bonds. The number of carbonyl (C=O) groups excluding carboxylic acids is 2. The molecule has 3 heterocycles. The number of carbonyl (C=O) groups is 2. The van der Waals surface area contributed by atoms with Gasteiger partial charge in [0.2, 0.25) is 5.91 Å². The molecule has 2 aliphatic rings. The van der Waals surface area contributed by atoms with Gasteiger partial charge < -0.3 is 19.7 Å². The highest BCUT2D eigenvalue weighted by molar-refractivity contribution is 5.94. The van der Waals surface area contributed by atoms with Gasteiger partial charge in [0.1, 0.15) is 5.75 Å². The number of likely N-dealkylation sites (tertiary alicyclic amines) is 1. The zero-order chi connectivity index (χ0) is 22.9. The van der Waals surface area contributed by atoms with E-state index in [4.69, 9.17) is 9.47 Å². The molecule has 1 fully saturated rings. The SMILES string of the molecule is COc1cccc(CC(=O)N2CCC3(CC2)Cc2c(c(C(=O)NC(C)C)nn2C)CO3)c1. The molecule has 1 N–H and O–H groups in total. The van der Waals surface area contributed by atoms with Crippen LogP contribution >= 0.6 is 0 Å². The summed E-state index contributed by atoms with van der Waals surface area (Å²) in [6, 6.07) is 7.69. The van der Waals surface area contributed by atoms with E-state index >= 15 is 0 Å². The van der Waals surface area contributed by atoms with Crippen molar-refractivity contribution in [1.29, 1.82) is 0 Å². The summed E-state index contributed by atoms with van der Waals surface area (Å²) in [7, 11) is 3.51. The Morgan fingerprint density at radius 3 is 2.72 bits per heavy atom. The Labute approximate surface area is 188 Å². The maximum absolute atomic E-state index is 12.8. The molecule has 0 saturated carbocycles. The molecule has 0 unspecified atom stereocenters. The Hall–Kier alpha value is -2.87. The minimum atomic E-state index is -0.306. The van der Waals surface area contributed by atoms with Crippen molar-refractivity contribution in [3.8, 4) is 5.75 Å². The van der Waals surface area contributed by atoms with E-state index in [-0.39, 0.29) is 23.5 Å². The van der Waals surface area contributed by atoms with Gasteiger partial charge in [-0.1, -0.05) is 12.1 Å². The number of nitrogens with one attached hydrogen (secondary N) is 1. The minimum Gasteiger partial charge on any atom is -0.497 e. The lowest BCUT2D eigenvalue weighted by Crippen LogP contribution is -2.51. The number of ether oxygens (including phenoxy) is 2. The zero-order valence-electron chi connectivity index (χ0n) is 19.3. The lowest BCUT2D eigenvalue weighted by atomic mass is 9.83. The monoisotopic (exact) mass is 440 g/mol. The topological polar surface area (TPSA) is 85.7 Å². The van der Waals surface area contributed by atoms with Crippen LogP contribution < -0.4 is 10.1 Å². The van der Waals surface area contributed by atoms with Gasteiger partial charge >= 0.3 is 0 Å². The number of piperidine rings is 1. The van der Waals surface area contributed by atoms with E-state index < -0.39 is 0 Å². The van der Waals surface area contributed by atoms with Crippen LogP contribution in [0.4, 0.5) is 0 Å². The van der Waals surface area contributed by atoms with Crippen LogP contribution in [0.2, 0.25) is 0 Å². The number of nitrogens with zero attached hydrogens (tertiary/aromatic N) is 3. The molecule has 1 spiro atoms. The predicted octanol–water partition coefficient (Wildman–Crippen LogP) is 2.24. The maximum Gasteiger partial charge on any atom is 0.272 e. The Morgan fingerprint density at radius 1 is 1.28 bits per heavy atom. The van der Waals surface area contributed by atoms with Gasteiger partial charge in [-0.25, -0.2) is 0 Å². The number of aromatic nitrogens is 2. The molecule has 1 aromatic carbocycles. The van der Waals surface area contributed by atoms with Crippen molar-refractivity contribution in [2.24, 2.45) is 7.05 Å². The lowest BCUT2D eigenvalue weighted by Gasteiger charge is -2.44. The molecule has 172 valence electrons. The van der Waals surface area contributed by atoms with Gasteiger partial charge in [-0.2, -0.15) is 5.10 Å². The van der Waals surface area contributed by atoms with Crippen LogP contribution in [0.25, 0.3) is 0 Å². The number of rotatable bonds is 5. The summed E-state index contributed by atoms with van der Waals surface area (Å²) < 4.78 is 13.4. The number of benzene rings is 1. The number of hydrogen-bond donors (Lipinski definition) is 1. The van der Waals surface area contributed by atoms with Crippen molar-refractivity contribution in [3.05, 3.63) is 46.8 Å². The van der Waals surface area contributed by atoms with Gasteiger partial charge in [0.15, 0.2) is 5.69 Å². The largest absolute Gasteiger partial charge is 0.497 e. The van der Waals surface area contributed by atoms with Gasteiger partial charge in [0.25, 0.3) is 5.91 Å². The molecule has 32 heavy (non-hydrogen) atoms. The first-order valence-corrected chi connectivity index (χ1v) is 11.2. The van der Waals surface area contributed by atoms with Crippen molar-refractivity contribution in [1.82, 2.24) is 20.0 Å². The number of fused-ring (bicyclic) bond motifs is 1.